The van der Waals surface area contributed by atoms with E-state index in [9.17, 15) is 0 Å². The summed E-state index contributed by atoms with van der Waals surface area (Å²) in [6.45, 7) is 7.09. The second kappa shape index (κ2) is 8.85. The molecule has 90 valence electrons. The molecule has 0 aliphatic heterocycles. The zero-order chi connectivity index (χ0) is 11.6. The highest BCUT2D eigenvalue weighted by atomic mass is 32.2. The summed E-state index contributed by atoms with van der Waals surface area (Å²) in [5.41, 5.74) is 1.45. The van der Waals surface area contributed by atoms with E-state index in [1.165, 1.54) is 17.7 Å². The van der Waals surface area contributed by atoms with Crippen molar-refractivity contribution in [1.82, 2.24) is 5.32 Å². The Morgan fingerprint density at radius 2 is 2.50 bits per heavy atom. The zero-order valence-corrected chi connectivity index (χ0v) is 11.6. The van der Waals surface area contributed by atoms with Crippen molar-refractivity contribution in [1.29, 1.82) is 0 Å². The minimum Gasteiger partial charge on any atom is -0.313 e. The van der Waals surface area contributed by atoms with Gasteiger partial charge in [-0.3, -0.25) is 0 Å². The van der Waals surface area contributed by atoms with Gasteiger partial charge < -0.3 is 5.32 Å². The molecule has 0 saturated carbocycles. The van der Waals surface area contributed by atoms with Gasteiger partial charge in [-0.2, -0.15) is 23.1 Å². The minimum absolute atomic E-state index is 0.611. The zero-order valence-electron chi connectivity index (χ0n) is 9.95. The number of hydrogen-bond donors (Lipinski definition) is 1. The maximum absolute atomic E-state index is 3.74. The van der Waals surface area contributed by atoms with Crippen LogP contribution in [0.3, 0.4) is 0 Å². The lowest BCUT2D eigenvalue weighted by Gasteiger charge is -2.12. The molecule has 0 bridgehead atoms. The van der Waals surface area contributed by atoms with Crippen LogP contribution >= 0.6 is 23.1 Å². The smallest absolute Gasteiger partial charge is 0.0193 e. The summed E-state index contributed by atoms with van der Waals surface area (Å²) < 4.78 is 0. The van der Waals surface area contributed by atoms with Crippen LogP contribution < -0.4 is 5.32 Å². The van der Waals surface area contributed by atoms with Crippen molar-refractivity contribution < 1.29 is 0 Å². The fourth-order valence-corrected chi connectivity index (χ4v) is 3.01. The summed E-state index contributed by atoms with van der Waals surface area (Å²) in [4.78, 5) is 0. The summed E-state index contributed by atoms with van der Waals surface area (Å²) in [7, 11) is 0. The van der Waals surface area contributed by atoms with Gasteiger partial charge in [-0.05, 0) is 42.2 Å². The van der Waals surface area contributed by atoms with E-state index >= 15 is 0 Å². The molecule has 0 aliphatic rings. The molecule has 1 aromatic rings. The summed E-state index contributed by atoms with van der Waals surface area (Å²) >= 11 is 3.78. The quantitative estimate of drug-likeness (QED) is 0.530. The molecular weight excluding hydrogens is 234 g/mol. The highest BCUT2D eigenvalue weighted by molar-refractivity contribution is 7.98. The molecule has 0 spiro atoms. The Balaban J connectivity index is 1.93. The number of allylic oxidation sites excluding steroid dienone is 1. The topological polar surface area (TPSA) is 12.0 Å². The predicted octanol–water partition coefficient (Wildman–Crippen LogP) is 3.93. The van der Waals surface area contributed by atoms with E-state index in [0.29, 0.717) is 6.04 Å². The highest BCUT2D eigenvalue weighted by Gasteiger charge is 1.99. The van der Waals surface area contributed by atoms with Crippen molar-refractivity contribution in [3.63, 3.8) is 0 Å². The van der Waals surface area contributed by atoms with Crippen LogP contribution in [-0.2, 0) is 5.75 Å². The van der Waals surface area contributed by atoms with Crippen molar-refractivity contribution in [3.8, 4) is 0 Å². The number of hydrogen-bond acceptors (Lipinski definition) is 3. The molecule has 1 rings (SSSR count). The molecule has 0 amide bonds. The molecule has 0 aromatic carbocycles. The van der Waals surface area contributed by atoms with Crippen LogP contribution in [0.15, 0.2) is 29.5 Å². The van der Waals surface area contributed by atoms with Gasteiger partial charge >= 0.3 is 0 Å². The molecular formula is C13H21NS2. The summed E-state index contributed by atoms with van der Waals surface area (Å²) in [5.74, 6) is 2.33. The van der Waals surface area contributed by atoms with Gasteiger partial charge in [0, 0.05) is 24.1 Å². The van der Waals surface area contributed by atoms with Crippen LogP contribution in [-0.4, -0.2) is 18.3 Å². The van der Waals surface area contributed by atoms with Crippen LogP contribution in [0.25, 0.3) is 0 Å². The lowest BCUT2D eigenvalue weighted by molar-refractivity contribution is 0.537. The number of thiophene rings is 1. The standard InChI is InChI=1S/C13H21NS2/c1-3-4-5-12(2)14-7-9-16-11-13-6-8-15-10-13/h3,6,8,10,12,14H,1,4-5,7,9,11H2,2H3. The van der Waals surface area contributed by atoms with Crippen LogP contribution in [0.4, 0.5) is 0 Å². The number of nitrogens with one attached hydrogen (secondary N) is 1. The van der Waals surface area contributed by atoms with Crippen molar-refractivity contribution in [3.05, 3.63) is 35.0 Å². The van der Waals surface area contributed by atoms with Crippen LogP contribution in [0, 0.1) is 0 Å². The van der Waals surface area contributed by atoms with Crippen LogP contribution in [0.5, 0.6) is 0 Å². The molecule has 1 nitrogen and oxygen atoms in total. The molecule has 1 unspecified atom stereocenters. The Bertz CT molecular complexity index is 269. The van der Waals surface area contributed by atoms with Gasteiger partial charge in [-0.1, -0.05) is 6.08 Å². The lowest BCUT2D eigenvalue weighted by atomic mass is 10.2. The molecule has 16 heavy (non-hydrogen) atoms. The number of rotatable bonds is 9. The molecule has 0 radical (unpaired) electrons. The molecule has 0 aliphatic carbocycles. The van der Waals surface area contributed by atoms with Crippen LogP contribution in [0.1, 0.15) is 25.3 Å². The normalized spacial score (nSPS) is 12.6. The third-order valence-electron chi connectivity index (χ3n) is 2.39. The van der Waals surface area contributed by atoms with Crippen molar-refractivity contribution in [2.24, 2.45) is 0 Å². The first kappa shape index (κ1) is 13.8. The van der Waals surface area contributed by atoms with E-state index in [2.05, 4.69) is 35.6 Å². The SMILES string of the molecule is C=CCCC(C)NCCSCc1ccsc1. The van der Waals surface area contributed by atoms with E-state index in [1.54, 1.807) is 11.3 Å². The van der Waals surface area contributed by atoms with Crippen molar-refractivity contribution in [2.45, 2.75) is 31.6 Å². The summed E-state index contributed by atoms with van der Waals surface area (Å²) in [6.07, 6.45) is 4.29. The third-order valence-corrected chi connectivity index (χ3v) is 4.15. The molecule has 1 atom stereocenters. The second-order valence-corrected chi connectivity index (χ2v) is 5.79. The fraction of sp³-hybridized carbons (Fsp3) is 0.538. The average Bonchev–Trinajstić information content (AvgIpc) is 2.79. The monoisotopic (exact) mass is 255 g/mol. The summed E-state index contributed by atoms with van der Waals surface area (Å²) in [5, 5.41) is 7.91. The number of thioether (sulfide) groups is 1. The van der Waals surface area contributed by atoms with Gasteiger partial charge in [0.25, 0.3) is 0 Å². The maximum Gasteiger partial charge on any atom is 0.0193 e. The summed E-state index contributed by atoms with van der Waals surface area (Å²) in [6, 6.07) is 2.82. The van der Waals surface area contributed by atoms with Gasteiger partial charge in [-0.15, -0.1) is 6.58 Å². The van der Waals surface area contributed by atoms with E-state index in [0.717, 1.165) is 18.7 Å². The van der Waals surface area contributed by atoms with Crippen molar-refractivity contribution >= 4 is 23.1 Å². The highest BCUT2D eigenvalue weighted by Crippen LogP contribution is 2.14. The van der Waals surface area contributed by atoms with E-state index in [4.69, 9.17) is 0 Å². The van der Waals surface area contributed by atoms with E-state index < -0.39 is 0 Å². The molecule has 1 heterocycles. The van der Waals surface area contributed by atoms with Crippen LogP contribution in [0.2, 0.25) is 0 Å². The average molecular weight is 255 g/mol. The predicted molar refractivity (Wildman–Crippen MR) is 77.4 cm³/mol. The van der Waals surface area contributed by atoms with E-state index in [-0.39, 0.29) is 0 Å². The van der Waals surface area contributed by atoms with Gasteiger partial charge in [0.1, 0.15) is 0 Å². The van der Waals surface area contributed by atoms with Gasteiger partial charge in [0.05, 0.1) is 0 Å². The Hall–Kier alpha value is -0.250. The molecule has 0 fully saturated rings. The largest absolute Gasteiger partial charge is 0.313 e. The third kappa shape index (κ3) is 6.36. The molecule has 1 aromatic heterocycles. The second-order valence-electron chi connectivity index (χ2n) is 3.91. The molecule has 1 N–H and O–H groups in total. The van der Waals surface area contributed by atoms with E-state index in [1.807, 2.05) is 17.8 Å². The Morgan fingerprint density at radius 3 is 3.19 bits per heavy atom. The van der Waals surface area contributed by atoms with Gasteiger partial charge in [-0.25, -0.2) is 0 Å². The lowest BCUT2D eigenvalue weighted by Crippen LogP contribution is -2.27. The first-order valence-corrected chi connectivity index (χ1v) is 7.85. The fourth-order valence-electron chi connectivity index (χ4n) is 1.41. The Labute approximate surface area is 107 Å². The maximum atomic E-state index is 3.74. The Kier molecular flexibility index (Phi) is 7.64. The van der Waals surface area contributed by atoms with Crippen molar-refractivity contribution in [2.75, 3.05) is 12.3 Å². The first-order chi connectivity index (χ1) is 7.83. The minimum atomic E-state index is 0.611. The Morgan fingerprint density at radius 1 is 1.62 bits per heavy atom. The first-order valence-electron chi connectivity index (χ1n) is 5.76. The molecule has 0 saturated heterocycles. The molecule has 3 heteroatoms. The van der Waals surface area contributed by atoms with Gasteiger partial charge in [0.15, 0.2) is 0 Å². The van der Waals surface area contributed by atoms with Gasteiger partial charge in [0.2, 0.25) is 0 Å².